The molecular formula is C9H14N4O3S. The van der Waals surface area contributed by atoms with Gasteiger partial charge in [0.25, 0.3) is 0 Å². The largest absolute Gasteiger partial charge is 0.378 e. The highest BCUT2D eigenvalue weighted by molar-refractivity contribution is 7.84. The molecule has 0 saturated heterocycles. The van der Waals surface area contributed by atoms with Crippen molar-refractivity contribution in [2.24, 2.45) is 0 Å². The summed E-state index contributed by atoms with van der Waals surface area (Å²) in [6.45, 7) is 1.85. The number of hydrogen-bond acceptors (Lipinski definition) is 6. The van der Waals surface area contributed by atoms with E-state index in [1.807, 2.05) is 6.92 Å². The molecule has 17 heavy (non-hydrogen) atoms. The Hall–Kier alpha value is -1.70. The molecule has 0 aliphatic carbocycles. The zero-order chi connectivity index (χ0) is 13.0. The Balaban J connectivity index is 2.77. The third-order valence-corrected chi connectivity index (χ3v) is 2.95. The number of nitrogen functional groups attached to an aromatic ring is 1. The fraction of sp³-hybridized carbons (Fsp3) is 0.444. The van der Waals surface area contributed by atoms with Gasteiger partial charge >= 0.3 is 5.69 Å². The SMILES string of the molecule is CC(CS(C)=O)Nc1ccc([N+](=O)[O-])c(N)n1. The van der Waals surface area contributed by atoms with Gasteiger partial charge in [0.05, 0.1) is 4.92 Å². The smallest absolute Gasteiger partial charge is 0.311 e. The van der Waals surface area contributed by atoms with Gasteiger partial charge in [-0.05, 0) is 13.0 Å². The van der Waals surface area contributed by atoms with Gasteiger partial charge < -0.3 is 11.1 Å². The molecule has 94 valence electrons. The fourth-order valence-corrected chi connectivity index (χ4v) is 2.14. The second kappa shape index (κ2) is 5.58. The van der Waals surface area contributed by atoms with E-state index in [0.29, 0.717) is 11.6 Å². The number of hydrogen-bond donors (Lipinski definition) is 2. The molecule has 0 bridgehead atoms. The van der Waals surface area contributed by atoms with Crippen LogP contribution in [0.25, 0.3) is 0 Å². The lowest BCUT2D eigenvalue weighted by atomic mass is 10.3. The Labute approximate surface area is 101 Å². The molecule has 0 aliphatic rings. The van der Waals surface area contributed by atoms with Gasteiger partial charge in [-0.3, -0.25) is 14.3 Å². The summed E-state index contributed by atoms with van der Waals surface area (Å²) in [6.07, 6.45) is 1.61. The van der Waals surface area contributed by atoms with Crippen LogP contribution in [0, 0.1) is 10.1 Å². The molecule has 7 nitrogen and oxygen atoms in total. The summed E-state index contributed by atoms with van der Waals surface area (Å²) in [5.41, 5.74) is 5.23. The van der Waals surface area contributed by atoms with Crippen molar-refractivity contribution in [1.82, 2.24) is 4.98 Å². The summed E-state index contributed by atoms with van der Waals surface area (Å²) in [6, 6.07) is 2.72. The molecule has 1 rings (SSSR count). The van der Waals surface area contributed by atoms with Crippen LogP contribution in [-0.2, 0) is 10.8 Å². The van der Waals surface area contributed by atoms with Gasteiger partial charge in [0, 0.05) is 34.9 Å². The first-order chi connectivity index (χ1) is 7.90. The average molecular weight is 258 g/mol. The lowest BCUT2D eigenvalue weighted by molar-refractivity contribution is -0.384. The molecule has 1 heterocycles. The minimum atomic E-state index is -0.916. The lowest BCUT2D eigenvalue weighted by Crippen LogP contribution is -2.23. The Kier molecular flexibility index (Phi) is 4.38. The molecule has 1 aromatic heterocycles. The van der Waals surface area contributed by atoms with Gasteiger partial charge in [0.1, 0.15) is 5.82 Å². The van der Waals surface area contributed by atoms with Crippen molar-refractivity contribution in [3.05, 3.63) is 22.2 Å². The molecule has 0 spiro atoms. The van der Waals surface area contributed by atoms with Crippen LogP contribution in [0.3, 0.4) is 0 Å². The van der Waals surface area contributed by atoms with E-state index in [0.717, 1.165) is 0 Å². The average Bonchev–Trinajstić information content (AvgIpc) is 2.15. The fourth-order valence-electron chi connectivity index (χ4n) is 1.35. The molecule has 0 radical (unpaired) electrons. The molecule has 0 amide bonds. The second-order valence-corrected chi connectivity index (χ2v) is 5.12. The highest BCUT2D eigenvalue weighted by atomic mass is 32.2. The van der Waals surface area contributed by atoms with Crippen molar-refractivity contribution in [2.75, 3.05) is 23.1 Å². The van der Waals surface area contributed by atoms with E-state index in [1.165, 1.54) is 12.1 Å². The van der Waals surface area contributed by atoms with E-state index in [2.05, 4.69) is 10.3 Å². The van der Waals surface area contributed by atoms with Gasteiger partial charge in [-0.15, -0.1) is 0 Å². The topological polar surface area (TPSA) is 111 Å². The number of rotatable bonds is 5. The minimum absolute atomic E-state index is 0.0470. The van der Waals surface area contributed by atoms with E-state index in [4.69, 9.17) is 5.73 Å². The predicted molar refractivity (Wildman–Crippen MR) is 67.3 cm³/mol. The first-order valence-corrected chi connectivity index (χ1v) is 6.60. The summed E-state index contributed by atoms with van der Waals surface area (Å²) >= 11 is 0. The third kappa shape index (κ3) is 3.99. The molecule has 0 saturated carbocycles. The van der Waals surface area contributed by atoms with Gasteiger partial charge in [0.15, 0.2) is 0 Å². The van der Waals surface area contributed by atoms with Crippen molar-refractivity contribution in [2.45, 2.75) is 13.0 Å². The van der Waals surface area contributed by atoms with Crippen molar-refractivity contribution < 1.29 is 9.13 Å². The van der Waals surface area contributed by atoms with Crippen LogP contribution < -0.4 is 11.1 Å². The van der Waals surface area contributed by atoms with Crippen LogP contribution in [0.1, 0.15) is 6.92 Å². The summed E-state index contributed by atoms with van der Waals surface area (Å²) in [4.78, 5) is 13.8. The summed E-state index contributed by atoms with van der Waals surface area (Å²) in [5, 5.41) is 13.5. The first kappa shape index (κ1) is 13.4. The standard InChI is InChI=1S/C9H14N4O3S/c1-6(5-17(2)16)11-8-4-3-7(13(14)15)9(10)12-8/h3-4,6H,5H2,1-2H3,(H3,10,11,12). The minimum Gasteiger partial charge on any atom is -0.378 e. The molecule has 3 N–H and O–H groups in total. The van der Waals surface area contributed by atoms with Gasteiger partial charge in [-0.25, -0.2) is 4.98 Å². The van der Waals surface area contributed by atoms with Gasteiger partial charge in [-0.1, -0.05) is 0 Å². The van der Waals surface area contributed by atoms with E-state index in [9.17, 15) is 14.3 Å². The normalized spacial score (nSPS) is 14.0. The Morgan fingerprint density at radius 1 is 1.65 bits per heavy atom. The Morgan fingerprint density at radius 3 is 2.76 bits per heavy atom. The number of anilines is 2. The van der Waals surface area contributed by atoms with Crippen LogP contribution in [0.4, 0.5) is 17.3 Å². The molecule has 0 aromatic carbocycles. The Morgan fingerprint density at radius 2 is 2.29 bits per heavy atom. The number of nitrogens with one attached hydrogen (secondary N) is 1. The van der Waals surface area contributed by atoms with Crippen molar-refractivity contribution in [3.8, 4) is 0 Å². The van der Waals surface area contributed by atoms with Gasteiger partial charge in [0.2, 0.25) is 5.82 Å². The van der Waals surface area contributed by atoms with E-state index >= 15 is 0 Å². The second-order valence-electron chi connectivity index (χ2n) is 3.64. The maximum atomic E-state index is 11.0. The molecule has 8 heteroatoms. The first-order valence-electron chi connectivity index (χ1n) is 4.87. The Bertz CT molecular complexity index is 452. The monoisotopic (exact) mass is 258 g/mol. The predicted octanol–water partition coefficient (Wildman–Crippen LogP) is 0.751. The number of nitro groups is 1. The van der Waals surface area contributed by atoms with E-state index in [-0.39, 0.29) is 17.5 Å². The molecule has 2 atom stereocenters. The number of pyridine rings is 1. The summed E-state index contributed by atoms with van der Waals surface area (Å²) in [5.74, 6) is 0.773. The van der Waals surface area contributed by atoms with Crippen LogP contribution in [0.2, 0.25) is 0 Å². The third-order valence-electron chi connectivity index (χ3n) is 1.98. The van der Waals surface area contributed by atoms with Crippen LogP contribution >= 0.6 is 0 Å². The van der Waals surface area contributed by atoms with E-state index in [1.54, 1.807) is 6.26 Å². The van der Waals surface area contributed by atoms with Crippen molar-refractivity contribution >= 4 is 28.1 Å². The number of nitrogens with two attached hydrogens (primary N) is 1. The maximum Gasteiger partial charge on any atom is 0.311 e. The number of aromatic nitrogens is 1. The summed E-state index contributed by atoms with van der Waals surface area (Å²) < 4.78 is 11.0. The molecule has 0 fully saturated rings. The molecule has 2 unspecified atom stereocenters. The lowest BCUT2D eigenvalue weighted by Gasteiger charge is -2.12. The zero-order valence-corrected chi connectivity index (χ0v) is 10.4. The molecular weight excluding hydrogens is 244 g/mol. The van der Waals surface area contributed by atoms with Crippen LogP contribution in [0.5, 0.6) is 0 Å². The quantitative estimate of drug-likeness (QED) is 0.595. The molecule has 0 aliphatic heterocycles. The van der Waals surface area contributed by atoms with Crippen molar-refractivity contribution in [3.63, 3.8) is 0 Å². The van der Waals surface area contributed by atoms with Crippen LogP contribution in [-0.4, -0.2) is 32.2 Å². The maximum absolute atomic E-state index is 11.0. The number of nitrogens with zero attached hydrogens (tertiary/aromatic N) is 2. The van der Waals surface area contributed by atoms with E-state index < -0.39 is 15.7 Å². The highest BCUT2D eigenvalue weighted by Crippen LogP contribution is 2.20. The van der Waals surface area contributed by atoms with Gasteiger partial charge in [-0.2, -0.15) is 0 Å². The molecule has 1 aromatic rings. The zero-order valence-electron chi connectivity index (χ0n) is 9.54. The summed E-state index contributed by atoms with van der Waals surface area (Å²) in [7, 11) is -0.916. The van der Waals surface area contributed by atoms with Crippen molar-refractivity contribution in [1.29, 1.82) is 0 Å². The highest BCUT2D eigenvalue weighted by Gasteiger charge is 2.13. The van der Waals surface area contributed by atoms with Crippen LogP contribution in [0.15, 0.2) is 12.1 Å².